The lowest BCUT2D eigenvalue weighted by Gasteiger charge is -2.34. The molecule has 1 fully saturated rings. The Labute approximate surface area is 222 Å². The third-order valence-corrected chi connectivity index (χ3v) is 7.43. The first-order valence-electron chi connectivity index (χ1n) is 12.2. The highest BCUT2D eigenvalue weighted by Gasteiger charge is 2.33. The van der Waals surface area contributed by atoms with Crippen LogP contribution in [-0.2, 0) is 6.54 Å². The summed E-state index contributed by atoms with van der Waals surface area (Å²) in [5.41, 5.74) is 1.63. The monoisotopic (exact) mass is 568 g/mol. The van der Waals surface area contributed by atoms with Crippen molar-refractivity contribution in [2.24, 2.45) is 0 Å². The van der Waals surface area contributed by atoms with Crippen LogP contribution in [0.2, 0.25) is 0 Å². The largest absolute Gasteiger partial charge is 0.486 e. The molecule has 11 heteroatoms. The number of benzene rings is 2. The third-order valence-electron chi connectivity index (χ3n) is 6.79. The Morgan fingerprint density at radius 1 is 1.19 bits per heavy atom. The predicted molar refractivity (Wildman–Crippen MR) is 141 cm³/mol. The molecule has 3 aliphatic heterocycles. The van der Waals surface area contributed by atoms with E-state index in [-0.39, 0.29) is 24.4 Å². The summed E-state index contributed by atoms with van der Waals surface area (Å²) < 4.78 is 27.2. The molecule has 37 heavy (non-hydrogen) atoms. The standard InChI is InChI=1S/C26H26BrFN6O3/c1-32-24-16(13-34(26(32)35)23-19(27)5-4-6-20(23)28)12-29-25(31-24)30-17-7-8-21-22(11-17)37-18(15-36-21)14-33-9-2-3-10-33/h4-8,11-12,18H,2-3,9-10,13-15H2,1H3,(H,29,30,31). The molecule has 2 amide bonds. The molecule has 1 atom stereocenters. The van der Waals surface area contributed by atoms with Crippen molar-refractivity contribution in [1.82, 2.24) is 14.9 Å². The molecule has 3 aromatic rings. The average molecular weight is 569 g/mol. The van der Waals surface area contributed by atoms with Crippen molar-refractivity contribution in [2.75, 3.05) is 48.4 Å². The van der Waals surface area contributed by atoms with E-state index in [4.69, 9.17) is 9.47 Å². The van der Waals surface area contributed by atoms with Gasteiger partial charge in [-0.25, -0.2) is 14.2 Å². The Hall–Kier alpha value is -3.44. The molecule has 192 valence electrons. The first kappa shape index (κ1) is 23.9. The van der Waals surface area contributed by atoms with E-state index < -0.39 is 5.82 Å². The summed E-state index contributed by atoms with van der Waals surface area (Å²) in [5, 5.41) is 3.20. The maximum absolute atomic E-state index is 14.6. The lowest BCUT2D eigenvalue weighted by Crippen LogP contribution is -2.46. The van der Waals surface area contributed by atoms with Gasteiger partial charge in [0.15, 0.2) is 11.5 Å². The molecular weight excluding hydrogens is 543 g/mol. The van der Waals surface area contributed by atoms with Crippen molar-refractivity contribution in [2.45, 2.75) is 25.5 Å². The second kappa shape index (κ2) is 9.79. The molecule has 0 saturated carbocycles. The van der Waals surface area contributed by atoms with Crippen LogP contribution in [0.1, 0.15) is 18.4 Å². The minimum Gasteiger partial charge on any atom is -0.486 e. The van der Waals surface area contributed by atoms with E-state index in [9.17, 15) is 9.18 Å². The Balaban J connectivity index is 1.20. The normalized spacial score (nSPS) is 19.2. The number of anilines is 4. The Morgan fingerprint density at radius 3 is 2.84 bits per heavy atom. The molecule has 3 aliphatic rings. The van der Waals surface area contributed by atoms with E-state index in [0.29, 0.717) is 39.9 Å². The van der Waals surface area contributed by atoms with Gasteiger partial charge < -0.3 is 14.8 Å². The summed E-state index contributed by atoms with van der Waals surface area (Å²) in [6.07, 6.45) is 4.11. The van der Waals surface area contributed by atoms with E-state index >= 15 is 0 Å². The Bertz CT molecular complexity index is 1330. The van der Waals surface area contributed by atoms with Crippen molar-refractivity contribution < 1.29 is 18.7 Å². The molecule has 4 heterocycles. The van der Waals surface area contributed by atoms with Crippen LogP contribution in [0.15, 0.2) is 47.1 Å². The molecule has 1 saturated heterocycles. The number of likely N-dealkylation sites (tertiary alicyclic amines) is 1. The molecule has 0 spiro atoms. The van der Waals surface area contributed by atoms with Gasteiger partial charge in [0, 0.05) is 41.6 Å². The van der Waals surface area contributed by atoms with Gasteiger partial charge in [-0.05, 0) is 66.1 Å². The van der Waals surface area contributed by atoms with E-state index in [1.165, 1.54) is 28.7 Å². The van der Waals surface area contributed by atoms with Crippen molar-refractivity contribution in [3.05, 3.63) is 58.4 Å². The fourth-order valence-corrected chi connectivity index (χ4v) is 5.51. The van der Waals surface area contributed by atoms with Crippen molar-refractivity contribution in [3.63, 3.8) is 0 Å². The molecule has 1 N–H and O–H groups in total. The van der Waals surface area contributed by atoms with E-state index in [1.807, 2.05) is 18.2 Å². The number of nitrogens with one attached hydrogen (secondary N) is 1. The molecule has 0 aliphatic carbocycles. The summed E-state index contributed by atoms with van der Waals surface area (Å²) in [5.74, 6) is 1.70. The smallest absolute Gasteiger partial charge is 0.330 e. The van der Waals surface area contributed by atoms with Gasteiger partial charge >= 0.3 is 6.03 Å². The van der Waals surface area contributed by atoms with Crippen LogP contribution >= 0.6 is 15.9 Å². The van der Waals surface area contributed by atoms with Crippen molar-refractivity contribution >= 4 is 45.1 Å². The fourth-order valence-electron chi connectivity index (χ4n) is 4.96. The first-order chi connectivity index (χ1) is 18.0. The second-order valence-electron chi connectivity index (χ2n) is 9.39. The summed E-state index contributed by atoms with van der Waals surface area (Å²) in [6.45, 7) is 3.75. The molecule has 9 nitrogen and oxygen atoms in total. The van der Waals surface area contributed by atoms with Crippen molar-refractivity contribution in [3.8, 4) is 11.5 Å². The number of halogens is 2. The lowest BCUT2D eigenvalue weighted by atomic mass is 10.2. The van der Waals surface area contributed by atoms with Gasteiger partial charge in [-0.15, -0.1) is 0 Å². The lowest BCUT2D eigenvalue weighted by molar-refractivity contribution is 0.0651. The zero-order valence-electron chi connectivity index (χ0n) is 20.3. The zero-order valence-corrected chi connectivity index (χ0v) is 21.9. The minimum absolute atomic E-state index is 0.0158. The van der Waals surface area contributed by atoms with Gasteiger partial charge in [0.05, 0.1) is 12.2 Å². The Kier molecular flexibility index (Phi) is 6.33. The molecule has 0 bridgehead atoms. The number of hydrogen-bond donors (Lipinski definition) is 1. The van der Waals surface area contributed by atoms with Gasteiger partial charge in [0.1, 0.15) is 24.3 Å². The van der Waals surface area contributed by atoms with Crippen LogP contribution in [0.3, 0.4) is 0 Å². The van der Waals surface area contributed by atoms with Crippen LogP contribution < -0.4 is 24.6 Å². The van der Waals surface area contributed by atoms with E-state index in [2.05, 4.69) is 36.1 Å². The molecule has 1 aromatic heterocycles. The number of para-hydroxylation sites is 1. The van der Waals surface area contributed by atoms with E-state index in [0.717, 1.165) is 25.3 Å². The SMILES string of the molecule is CN1C(=O)N(c2c(F)cccc2Br)Cc2cnc(Nc3ccc4c(c3)OC(CN3CCCC3)CO4)nc21. The number of urea groups is 1. The van der Waals surface area contributed by atoms with Crippen LogP contribution in [0.25, 0.3) is 0 Å². The summed E-state index contributed by atoms with van der Waals surface area (Å²) >= 11 is 3.35. The number of carbonyl (C=O) groups excluding carboxylic acids is 1. The topological polar surface area (TPSA) is 83.1 Å². The quantitative estimate of drug-likeness (QED) is 0.467. The number of hydrogen-bond acceptors (Lipinski definition) is 7. The number of nitrogens with zero attached hydrogens (tertiary/aromatic N) is 5. The van der Waals surface area contributed by atoms with Crippen LogP contribution in [-0.4, -0.2) is 60.3 Å². The summed E-state index contributed by atoms with van der Waals surface area (Å²) in [4.78, 5) is 27.3. The van der Waals surface area contributed by atoms with Crippen molar-refractivity contribution in [1.29, 1.82) is 0 Å². The molecular formula is C26H26BrFN6O3. The van der Waals surface area contributed by atoms with Crippen LogP contribution in [0.5, 0.6) is 11.5 Å². The maximum atomic E-state index is 14.6. The summed E-state index contributed by atoms with van der Waals surface area (Å²) in [6, 6.07) is 9.84. The number of fused-ring (bicyclic) bond motifs is 2. The highest BCUT2D eigenvalue weighted by molar-refractivity contribution is 9.10. The van der Waals surface area contributed by atoms with Crippen LogP contribution in [0, 0.1) is 5.82 Å². The van der Waals surface area contributed by atoms with Gasteiger partial charge in [-0.2, -0.15) is 4.98 Å². The van der Waals surface area contributed by atoms with Crippen LogP contribution in [0.4, 0.5) is 32.3 Å². The first-order valence-corrected chi connectivity index (χ1v) is 13.0. The van der Waals surface area contributed by atoms with Gasteiger partial charge in [0.25, 0.3) is 0 Å². The molecule has 1 unspecified atom stereocenters. The van der Waals surface area contributed by atoms with Gasteiger partial charge in [0.2, 0.25) is 5.95 Å². The number of carbonyl (C=O) groups is 1. The highest BCUT2D eigenvalue weighted by atomic mass is 79.9. The Morgan fingerprint density at radius 2 is 2.03 bits per heavy atom. The molecule has 2 aromatic carbocycles. The average Bonchev–Trinajstić information content (AvgIpc) is 3.40. The number of amides is 2. The maximum Gasteiger partial charge on any atom is 0.330 e. The zero-order chi connectivity index (χ0) is 25.5. The van der Waals surface area contributed by atoms with E-state index in [1.54, 1.807) is 25.4 Å². The second-order valence-corrected chi connectivity index (χ2v) is 10.2. The molecule has 0 radical (unpaired) electrons. The predicted octanol–water partition coefficient (Wildman–Crippen LogP) is 4.93. The number of ether oxygens (including phenoxy) is 2. The van der Waals surface area contributed by atoms with Gasteiger partial charge in [-0.1, -0.05) is 6.07 Å². The third kappa shape index (κ3) is 4.69. The van der Waals surface area contributed by atoms with Gasteiger partial charge in [-0.3, -0.25) is 14.7 Å². The highest BCUT2D eigenvalue weighted by Crippen LogP contribution is 2.37. The minimum atomic E-state index is -0.486. The number of aromatic nitrogens is 2. The summed E-state index contributed by atoms with van der Waals surface area (Å²) in [7, 11) is 1.61. The fraction of sp³-hybridized carbons (Fsp3) is 0.346. The number of rotatable bonds is 5. The molecule has 6 rings (SSSR count).